The van der Waals surface area contributed by atoms with Crippen molar-refractivity contribution in [2.75, 3.05) is 27.3 Å². The van der Waals surface area contributed by atoms with Gasteiger partial charge in [-0.1, -0.05) is 64.1 Å². The van der Waals surface area contributed by atoms with Crippen LogP contribution in [0.2, 0.25) is 0 Å². The molecule has 322 valence electrons. The van der Waals surface area contributed by atoms with Crippen molar-refractivity contribution in [1.82, 2.24) is 40.4 Å². The van der Waals surface area contributed by atoms with Crippen LogP contribution in [0.5, 0.6) is 0 Å². The van der Waals surface area contributed by atoms with Crippen LogP contribution in [-0.2, 0) is 19.1 Å². The summed E-state index contributed by atoms with van der Waals surface area (Å²) in [5.41, 5.74) is 8.19. The van der Waals surface area contributed by atoms with Crippen molar-refractivity contribution in [2.45, 2.75) is 91.4 Å². The minimum absolute atomic E-state index is 0.119. The molecule has 0 saturated carbocycles. The Morgan fingerprint density at radius 2 is 1.25 bits per heavy atom. The number of aromatic nitrogens is 4. The number of hydrogen-bond acceptors (Lipinski definition) is 9. The Morgan fingerprint density at radius 1 is 0.754 bits per heavy atom. The summed E-state index contributed by atoms with van der Waals surface area (Å²) in [6, 6.07) is 8.88. The first-order chi connectivity index (χ1) is 29.4. The molecule has 0 bridgehead atoms. The monoisotopic (exact) mass is 848 g/mol. The van der Waals surface area contributed by atoms with E-state index in [0.717, 1.165) is 92.2 Å². The average molecular weight is 849 g/mol. The van der Waals surface area contributed by atoms with Gasteiger partial charge in [-0.25, -0.2) is 19.6 Å². The van der Waals surface area contributed by atoms with Crippen LogP contribution in [0.3, 0.4) is 0 Å². The van der Waals surface area contributed by atoms with Crippen LogP contribution in [0.15, 0.2) is 54.2 Å². The lowest BCUT2D eigenvalue weighted by atomic mass is 9.90. The largest absolute Gasteiger partial charge is 0.453 e. The summed E-state index contributed by atoms with van der Waals surface area (Å²) < 4.78 is 10.7. The molecular formula is C46H56N8O6S. The van der Waals surface area contributed by atoms with Crippen LogP contribution in [0.1, 0.15) is 95.2 Å². The van der Waals surface area contributed by atoms with E-state index in [2.05, 4.69) is 75.4 Å². The molecule has 0 radical (unpaired) electrons. The first kappa shape index (κ1) is 43.1. The van der Waals surface area contributed by atoms with Gasteiger partial charge in [0.2, 0.25) is 11.8 Å². The number of benzene rings is 2. The quantitative estimate of drug-likeness (QED) is 0.0964. The number of rotatable bonds is 12. The summed E-state index contributed by atoms with van der Waals surface area (Å²) in [6.07, 6.45) is 9.85. The predicted molar refractivity (Wildman–Crippen MR) is 238 cm³/mol. The second-order valence-corrected chi connectivity index (χ2v) is 17.4. The summed E-state index contributed by atoms with van der Waals surface area (Å²) >= 11 is 1.69. The maximum Gasteiger partial charge on any atom is 0.407 e. The third-order valence-corrected chi connectivity index (χ3v) is 13.0. The third kappa shape index (κ3) is 8.52. The number of nitrogens with one attached hydrogen (secondary N) is 4. The molecule has 4 atom stereocenters. The predicted octanol–water partition coefficient (Wildman–Crippen LogP) is 8.78. The molecule has 2 aliphatic heterocycles. The van der Waals surface area contributed by atoms with Crippen LogP contribution in [0, 0.1) is 18.8 Å². The van der Waals surface area contributed by atoms with E-state index >= 15 is 0 Å². The highest BCUT2D eigenvalue weighted by Gasteiger charge is 2.39. The van der Waals surface area contributed by atoms with E-state index < -0.39 is 24.3 Å². The summed E-state index contributed by atoms with van der Waals surface area (Å²) in [7, 11) is 2.59. The van der Waals surface area contributed by atoms with E-state index in [-0.39, 0.29) is 35.7 Å². The minimum atomic E-state index is -0.705. The fraction of sp³-hybridized carbons (Fsp3) is 0.435. The molecule has 15 heteroatoms. The maximum atomic E-state index is 13.8. The second-order valence-electron chi connectivity index (χ2n) is 16.5. The van der Waals surface area contributed by atoms with Gasteiger partial charge in [0.05, 0.1) is 50.1 Å². The van der Waals surface area contributed by atoms with Crippen molar-refractivity contribution in [1.29, 1.82) is 0 Å². The van der Waals surface area contributed by atoms with E-state index in [4.69, 9.17) is 19.4 Å². The van der Waals surface area contributed by atoms with E-state index in [9.17, 15) is 19.2 Å². The van der Waals surface area contributed by atoms with Crippen LogP contribution < -0.4 is 10.6 Å². The van der Waals surface area contributed by atoms with Gasteiger partial charge in [-0.3, -0.25) is 9.59 Å². The number of carbonyl (C=O) groups is 4. The van der Waals surface area contributed by atoms with Crippen molar-refractivity contribution in [3.8, 4) is 33.6 Å². The Hall–Kier alpha value is -5.96. The number of likely N-dealkylation sites (tertiary alicyclic amines) is 2. The fourth-order valence-corrected chi connectivity index (χ4v) is 9.77. The number of H-pyrrole nitrogens is 2. The molecular weight excluding hydrogens is 793 g/mol. The molecule has 2 saturated heterocycles. The van der Waals surface area contributed by atoms with E-state index in [1.54, 1.807) is 11.3 Å². The second kappa shape index (κ2) is 18.3. The van der Waals surface area contributed by atoms with Gasteiger partial charge in [-0.05, 0) is 79.5 Å². The van der Waals surface area contributed by atoms with Crippen molar-refractivity contribution < 1.29 is 28.7 Å². The smallest absolute Gasteiger partial charge is 0.407 e. The van der Waals surface area contributed by atoms with Crippen molar-refractivity contribution in [2.24, 2.45) is 11.8 Å². The van der Waals surface area contributed by atoms with Crippen LogP contribution in [0.25, 0.3) is 49.8 Å². The molecule has 0 unspecified atom stereocenters. The molecule has 5 heterocycles. The molecule has 5 aromatic rings. The number of imidazole rings is 2. The average Bonchev–Trinajstić information content (AvgIpc) is 4.11. The number of alkyl carbamates (subject to hydrolysis) is 2. The van der Waals surface area contributed by atoms with Gasteiger partial charge < -0.3 is 39.9 Å². The molecule has 2 aliphatic rings. The molecule has 61 heavy (non-hydrogen) atoms. The number of nitrogens with zero attached hydrogens (tertiary/aromatic N) is 4. The number of fused-ring (bicyclic) bond motifs is 1. The highest BCUT2D eigenvalue weighted by atomic mass is 32.1. The van der Waals surface area contributed by atoms with Crippen LogP contribution in [0.4, 0.5) is 9.59 Å². The van der Waals surface area contributed by atoms with E-state index in [1.807, 2.05) is 56.8 Å². The normalized spacial score (nSPS) is 17.7. The van der Waals surface area contributed by atoms with E-state index in [1.165, 1.54) is 14.2 Å². The molecule has 2 fully saturated rings. The molecule has 14 nitrogen and oxygen atoms in total. The number of allylic oxidation sites excluding steroid dienone is 1. The zero-order chi connectivity index (χ0) is 43.5. The van der Waals surface area contributed by atoms with Gasteiger partial charge in [-0.2, -0.15) is 0 Å². The zero-order valence-electron chi connectivity index (χ0n) is 36.1. The lowest BCUT2D eigenvalue weighted by Gasteiger charge is -2.30. The van der Waals surface area contributed by atoms with Gasteiger partial charge in [0.1, 0.15) is 23.7 Å². The van der Waals surface area contributed by atoms with E-state index in [0.29, 0.717) is 13.1 Å². The first-order valence-electron chi connectivity index (χ1n) is 21.0. The fourth-order valence-electron chi connectivity index (χ4n) is 8.82. The number of methoxy groups -OCH3 is 2. The van der Waals surface area contributed by atoms with Crippen LogP contribution in [-0.4, -0.2) is 93.1 Å². The number of amides is 4. The summed E-state index contributed by atoms with van der Waals surface area (Å²) in [4.78, 5) is 72.0. The third-order valence-electron chi connectivity index (χ3n) is 12.0. The molecule has 3 aromatic heterocycles. The highest BCUT2D eigenvalue weighted by Crippen LogP contribution is 2.43. The number of thiophene rings is 1. The maximum absolute atomic E-state index is 13.8. The lowest BCUT2D eigenvalue weighted by molar-refractivity contribution is -0.136. The van der Waals surface area contributed by atoms with Gasteiger partial charge in [-0.15, -0.1) is 11.3 Å². The summed E-state index contributed by atoms with van der Waals surface area (Å²) in [6.45, 7) is 12.9. The number of carbonyl (C=O) groups excluding carboxylic acids is 4. The molecule has 0 aliphatic carbocycles. The summed E-state index contributed by atoms with van der Waals surface area (Å²) in [5, 5.41) is 8.65. The zero-order valence-corrected chi connectivity index (χ0v) is 36.9. The lowest BCUT2D eigenvalue weighted by Crippen LogP contribution is -2.51. The molecule has 7 rings (SSSR count). The molecule has 0 spiro atoms. The van der Waals surface area contributed by atoms with Gasteiger partial charge in [0.15, 0.2) is 0 Å². The van der Waals surface area contributed by atoms with Crippen molar-refractivity contribution >= 4 is 51.5 Å². The van der Waals surface area contributed by atoms with Gasteiger partial charge in [0, 0.05) is 39.9 Å². The van der Waals surface area contributed by atoms with Crippen LogP contribution >= 0.6 is 11.3 Å². The Morgan fingerprint density at radius 3 is 1.75 bits per heavy atom. The Bertz CT molecular complexity index is 2450. The number of hydrogen-bond donors (Lipinski definition) is 4. The van der Waals surface area contributed by atoms with Gasteiger partial charge >= 0.3 is 12.2 Å². The topological polar surface area (TPSA) is 175 Å². The van der Waals surface area contributed by atoms with Crippen molar-refractivity contribution in [3.63, 3.8) is 0 Å². The highest BCUT2D eigenvalue weighted by molar-refractivity contribution is 7.17. The summed E-state index contributed by atoms with van der Waals surface area (Å²) in [5.74, 6) is 0.916. The van der Waals surface area contributed by atoms with Crippen molar-refractivity contribution in [3.05, 3.63) is 77.0 Å². The number of ether oxygens (including phenoxy) is 2. The van der Waals surface area contributed by atoms with Gasteiger partial charge in [0.25, 0.3) is 0 Å². The number of aromatic amines is 2. The first-order valence-corrected chi connectivity index (χ1v) is 21.9. The molecule has 4 N–H and O–H groups in total. The molecule has 4 amide bonds. The Labute approximate surface area is 360 Å². The standard InChI is InChI=1S/C46H56N8O6S/c1-9-12-28-27(6)29(34-23-47-41(49-34)36-13-10-20-53(36)43(55)38(25(2)3)51-45(57)59-7)15-16-30(28)32-18-17-31(33-19-22-61-40(32)33)35-24-48-42(50-35)37-14-11-21-54(37)44(56)39(26(4)5)52-46(58)60-8/h9,12,15-19,22-26,36-39H,10-11,13-14,20-21H2,1-8H3,(H,47,49)(H,48,50)(H,51,57)(H,52,58)/b12-9-/t36-,37-,38-,39-/m0/s1. The molecule has 2 aromatic carbocycles. The SMILES string of the molecule is C/C=C\c1c(-c2ccc(-c3cnc([C@@H]4CCCN4C(=O)[C@@H](NC(=O)OC)C(C)C)[nH]3)c3ccsc23)ccc(-c2cnc([C@@H]3CCCN3C(=O)[C@@H](NC(=O)OC)C(C)C)[nH]2)c1C. The Kier molecular flexibility index (Phi) is 13.0. The Balaban J connectivity index is 1.16. The minimum Gasteiger partial charge on any atom is -0.453 e.